The van der Waals surface area contributed by atoms with Gasteiger partial charge in [-0.2, -0.15) is 0 Å². The predicted molar refractivity (Wildman–Crippen MR) is 102 cm³/mol. The van der Waals surface area contributed by atoms with Gasteiger partial charge in [-0.25, -0.2) is 14.2 Å². The Hall–Kier alpha value is -2.54. The molecule has 0 unspecified atom stereocenters. The first kappa shape index (κ1) is 17.9. The van der Waals surface area contributed by atoms with E-state index in [-0.39, 0.29) is 16.9 Å². The van der Waals surface area contributed by atoms with Gasteiger partial charge >= 0.3 is 5.97 Å². The first-order chi connectivity index (χ1) is 12.9. The van der Waals surface area contributed by atoms with E-state index in [1.54, 1.807) is 13.0 Å². The maximum atomic E-state index is 13.8. The van der Waals surface area contributed by atoms with Gasteiger partial charge in [0.25, 0.3) is 5.56 Å². The Labute approximate surface area is 159 Å². The first-order valence-corrected chi connectivity index (χ1v) is 9.75. The number of carbonyl (C=O) groups is 1. The second-order valence-corrected chi connectivity index (χ2v) is 8.09. The van der Waals surface area contributed by atoms with E-state index in [1.807, 2.05) is 0 Å². The number of halogens is 1. The molecule has 2 heterocycles. The van der Waals surface area contributed by atoms with Gasteiger partial charge < -0.3 is 9.72 Å². The third-order valence-corrected chi connectivity index (χ3v) is 6.09. The van der Waals surface area contributed by atoms with E-state index < -0.39 is 17.9 Å². The molecule has 27 heavy (non-hydrogen) atoms. The van der Waals surface area contributed by atoms with Crippen molar-refractivity contribution in [3.8, 4) is 0 Å². The molecule has 0 saturated carbocycles. The molecule has 0 saturated heterocycles. The van der Waals surface area contributed by atoms with Crippen LogP contribution in [-0.4, -0.2) is 15.9 Å². The van der Waals surface area contributed by atoms with Gasteiger partial charge in [0, 0.05) is 4.88 Å². The number of ether oxygens (including phenoxy) is 1. The highest BCUT2D eigenvalue weighted by molar-refractivity contribution is 7.18. The topological polar surface area (TPSA) is 72.0 Å². The zero-order valence-corrected chi connectivity index (χ0v) is 15.9. The lowest BCUT2D eigenvalue weighted by atomic mass is 9.89. The van der Waals surface area contributed by atoms with E-state index >= 15 is 0 Å². The van der Waals surface area contributed by atoms with Crippen molar-refractivity contribution in [3.05, 3.63) is 62.3 Å². The average molecular weight is 386 g/mol. The third kappa shape index (κ3) is 3.27. The number of aromatic amines is 1. The molecule has 3 aromatic rings. The maximum absolute atomic E-state index is 13.8. The average Bonchev–Trinajstić information content (AvgIpc) is 2.99. The molecule has 7 heteroatoms. The SMILES string of the molecule is C[C@@H]1CCc2c(sc3nc([C@@H](C)OC(=O)c4ccccc4F)[nH]c(=O)c23)C1. The number of fused-ring (bicyclic) bond motifs is 3. The molecule has 1 aromatic carbocycles. The minimum absolute atomic E-state index is 0.145. The van der Waals surface area contributed by atoms with E-state index in [1.165, 1.54) is 34.4 Å². The molecule has 0 spiro atoms. The Morgan fingerprint density at radius 2 is 2.19 bits per heavy atom. The lowest BCUT2D eigenvalue weighted by Crippen LogP contribution is -2.18. The van der Waals surface area contributed by atoms with Gasteiger partial charge in [0.15, 0.2) is 11.9 Å². The number of aromatic nitrogens is 2. The summed E-state index contributed by atoms with van der Waals surface area (Å²) in [6.07, 6.45) is 2.12. The van der Waals surface area contributed by atoms with E-state index in [0.717, 1.165) is 24.8 Å². The molecule has 0 radical (unpaired) electrons. The van der Waals surface area contributed by atoms with Gasteiger partial charge in [0.05, 0.1) is 10.9 Å². The molecular weight excluding hydrogens is 367 g/mol. The number of rotatable bonds is 3. The Morgan fingerprint density at radius 1 is 1.41 bits per heavy atom. The molecule has 0 fully saturated rings. The molecule has 4 rings (SSSR count). The monoisotopic (exact) mass is 386 g/mol. The van der Waals surface area contributed by atoms with Crippen LogP contribution in [0.1, 0.15) is 53.0 Å². The number of nitrogens with zero attached hydrogens (tertiary/aromatic N) is 1. The number of H-pyrrole nitrogens is 1. The van der Waals surface area contributed by atoms with Gasteiger partial charge in [0.1, 0.15) is 10.6 Å². The molecule has 140 valence electrons. The maximum Gasteiger partial charge on any atom is 0.341 e. The van der Waals surface area contributed by atoms with Crippen LogP contribution >= 0.6 is 11.3 Å². The van der Waals surface area contributed by atoms with E-state index in [0.29, 0.717) is 16.1 Å². The first-order valence-electron chi connectivity index (χ1n) is 8.94. The van der Waals surface area contributed by atoms with Crippen LogP contribution < -0.4 is 5.56 Å². The fourth-order valence-corrected chi connectivity index (χ4v) is 4.86. The molecule has 2 atom stereocenters. The van der Waals surface area contributed by atoms with Crippen molar-refractivity contribution in [2.24, 2.45) is 5.92 Å². The van der Waals surface area contributed by atoms with Crippen molar-refractivity contribution >= 4 is 27.5 Å². The molecule has 1 aliphatic carbocycles. The Morgan fingerprint density at radius 3 is 2.96 bits per heavy atom. The van der Waals surface area contributed by atoms with Crippen molar-refractivity contribution in [3.63, 3.8) is 0 Å². The van der Waals surface area contributed by atoms with Crippen molar-refractivity contribution in [2.75, 3.05) is 0 Å². The second kappa shape index (κ2) is 6.88. The summed E-state index contributed by atoms with van der Waals surface area (Å²) in [7, 11) is 0. The number of hydrogen-bond donors (Lipinski definition) is 1. The number of carbonyl (C=O) groups excluding carboxylic acids is 1. The standard InChI is InChI=1S/C20H19FN2O3S/c1-10-7-8-13-15(9-10)27-19-16(13)18(24)22-17(23-19)11(2)26-20(25)12-5-3-4-6-14(12)21/h3-6,10-11H,7-9H2,1-2H3,(H,22,23,24)/t10-,11-/m1/s1. The summed E-state index contributed by atoms with van der Waals surface area (Å²) in [6, 6.07) is 5.62. The summed E-state index contributed by atoms with van der Waals surface area (Å²) in [5.41, 5.74) is 0.744. The highest BCUT2D eigenvalue weighted by Crippen LogP contribution is 2.36. The van der Waals surface area contributed by atoms with E-state index in [9.17, 15) is 14.0 Å². The summed E-state index contributed by atoms with van der Waals surface area (Å²) in [5.74, 6) is -0.567. The lowest BCUT2D eigenvalue weighted by Gasteiger charge is -2.17. The Bertz CT molecular complexity index is 1090. The van der Waals surface area contributed by atoms with Gasteiger partial charge in [-0.05, 0) is 49.8 Å². The summed E-state index contributed by atoms with van der Waals surface area (Å²) in [5, 5.41) is 0.651. The highest BCUT2D eigenvalue weighted by Gasteiger charge is 2.25. The number of thiophene rings is 1. The summed E-state index contributed by atoms with van der Waals surface area (Å²) in [4.78, 5) is 34.0. The lowest BCUT2D eigenvalue weighted by molar-refractivity contribution is 0.0315. The number of aryl methyl sites for hydroxylation is 1. The quantitative estimate of drug-likeness (QED) is 0.686. The molecule has 2 aromatic heterocycles. The van der Waals surface area contributed by atoms with Crippen LogP contribution in [0.15, 0.2) is 29.1 Å². The molecule has 0 bridgehead atoms. The van der Waals surface area contributed by atoms with E-state index in [4.69, 9.17) is 4.74 Å². The fraction of sp³-hybridized carbons (Fsp3) is 0.350. The zero-order valence-electron chi connectivity index (χ0n) is 15.0. The normalized spacial score (nSPS) is 17.5. The number of esters is 1. The van der Waals surface area contributed by atoms with Crippen LogP contribution in [0.25, 0.3) is 10.2 Å². The highest BCUT2D eigenvalue weighted by atomic mass is 32.1. The van der Waals surface area contributed by atoms with Gasteiger partial charge in [-0.1, -0.05) is 19.1 Å². The number of benzene rings is 1. The Kier molecular flexibility index (Phi) is 4.55. The molecule has 1 N–H and O–H groups in total. The van der Waals surface area contributed by atoms with Crippen LogP contribution in [0.5, 0.6) is 0 Å². The van der Waals surface area contributed by atoms with Gasteiger partial charge in [0.2, 0.25) is 0 Å². The summed E-state index contributed by atoms with van der Waals surface area (Å²) < 4.78 is 19.1. The zero-order chi connectivity index (χ0) is 19.1. The van der Waals surface area contributed by atoms with Crippen molar-refractivity contribution < 1.29 is 13.9 Å². The number of nitrogens with one attached hydrogen (secondary N) is 1. The van der Waals surface area contributed by atoms with Gasteiger partial charge in [-0.3, -0.25) is 4.79 Å². The van der Waals surface area contributed by atoms with Crippen molar-refractivity contribution in [1.82, 2.24) is 9.97 Å². The molecular formula is C20H19FN2O3S. The van der Waals surface area contributed by atoms with Crippen LogP contribution in [-0.2, 0) is 17.6 Å². The second-order valence-electron chi connectivity index (χ2n) is 7.01. The van der Waals surface area contributed by atoms with Gasteiger partial charge in [-0.15, -0.1) is 11.3 Å². The van der Waals surface area contributed by atoms with E-state index in [2.05, 4.69) is 16.9 Å². The molecule has 0 amide bonds. The predicted octanol–water partition coefficient (Wildman–Crippen LogP) is 4.17. The smallest absolute Gasteiger partial charge is 0.341 e. The fourth-order valence-electron chi connectivity index (χ4n) is 3.46. The number of hydrogen-bond acceptors (Lipinski definition) is 5. The summed E-state index contributed by atoms with van der Waals surface area (Å²) in [6.45, 7) is 3.82. The minimum atomic E-state index is -0.799. The van der Waals surface area contributed by atoms with Crippen LogP contribution in [0, 0.1) is 11.7 Å². The molecule has 0 aliphatic heterocycles. The van der Waals surface area contributed by atoms with Crippen molar-refractivity contribution in [2.45, 2.75) is 39.2 Å². The largest absolute Gasteiger partial charge is 0.451 e. The van der Waals surface area contributed by atoms with Crippen LogP contribution in [0.4, 0.5) is 4.39 Å². The Balaban J connectivity index is 1.65. The summed E-state index contributed by atoms with van der Waals surface area (Å²) >= 11 is 1.54. The van der Waals surface area contributed by atoms with Crippen LogP contribution in [0.2, 0.25) is 0 Å². The minimum Gasteiger partial charge on any atom is -0.451 e. The molecule has 1 aliphatic rings. The molecule has 5 nitrogen and oxygen atoms in total. The van der Waals surface area contributed by atoms with Crippen molar-refractivity contribution in [1.29, 1.82) is 0 Å². The third-order valence-electron chi connectivity index (χ3n) is 4.95. The van der Waals surface area contributed by atoms with Crippen LogP contribution in [0.3, 0.4) is 0 Å².